The van der Waals surface area contributed by atoms with Crippen LogP contribution >= 0.6 is 11.6 Å². The largest absolute Gasteiger partial charge is 0.493 e. The molecular weight excluding hydrogens is 348 g/mol. The van der Waals surface area contributed by atoms with Gasteiger partial charge in [0.05, 0.1) is 23.7 Å². The fourth-order valence-electron chi connectivity index (χ4n) is 2.20. The van der Waals surface area contributed by atoms with Crippen LogP contribution in [0.15, 0.2) is 36.4 Å². The molecule has 132 valence electrons. The molecule has 0 aliphatic heterocycles. The smallest absolute Gasteiger partial charge is 0.270 e. The normalized spacial score (nSPS) is 10.2. The number of non-ortho nitro benzene ring substituents is 1. The van der Waals surface area contributed by atoms with Crippen molar-refractivity contribution < 1.29 is 19.2 Å². The molecule has 0 aliphatic rings. The SMILES string of the molecule is CCOc1c(Cl)cc(CNC(=O)c2cccc([N+](=O)[O-])c2)cc1OC. The van der Waals surface area contributed by atoms with Crippen LogP contribution in [0.2, 0.25) is 5.02 Å². The van der Waals surface area contributed by atoms with E-state index >= 15 is 0 Å². The second-order valence-electron chi connectivity index (χ2n) is 5.03. The van der Waals surface area contributed by atoms with E-state index in [4.69, 9.17) is 21.1 Å². The molecule has 2 aromatic rings. The zero-order valence-electron chi connectivity index (χ0n) is 13.7. The Morgan fingerprint density at radius 1 is 1.32 bits per heavy atom. The third-order valence-corrected chi connectivity index (χ3v) is 3.63. The number of carbonyl (C=O) groups is 1. The number of ether oxygens (including phenoxy) is 2. The number of hydrogen-bond donors (Lipinski definition) is 1. The van der Waals surface area contributed by atoms with Crippen molar-refractivity contribution in [1.82, 2.24) is 5.32 Å². The van der Waals surface area contributed by atoms with Crippen molar-refractivity contribution in [3.63, 3.8) is 0 Å². The molecule has 0 saturated carbocycles. The van der Waals surface area contributed by atoms with E-state index in [1.54, 1.807) is 12.1 Å². The summed E-state index contributed by atoms with van der Waals surface area (Å²) in [6, 6.07) is 8.90. The maximum atomic E-state index is 12.2. The second-order valence-corrected chi connectivity index (χ2v) is 5.44. The Bertz CT molecular complexity index is 795. The van der Waals surface area contributed by atoms with E-state index < -0.39 is 10.8 Å². The number of nitro benzene ring substituents is 1. The van der Waals surface area contributed by atoms with E-state index in [0.29, 0.717) is 28.7 Å². The number of rotatable bonds is 7. The van der Waals surface area contributed by atoms with Crippen LogP contribution in [0, 0.1) is 10.1 Å². The molecule has 0 saturated heterocycles. The van der Waals surface area contributed by atoms with Crippen molar-refractivity contribution in [2.45, 2.75) is 13.5 Å². The number of nitrogens with one attached hydrogen (secondary N) is 1. The molecular formula is C17H17ClN2O5. The molecule has 7 nitrogen and oxygen atoms in total. The van der Waals surface area contributed by atoms with E-state index in [-0.39, 0.29) is 17.8 Å². The topological polar surface area (TPSA) is 90.7 Å². The van der Waals surface area contributed by atoms with E-state index in [2.05, 4.69) is 5.32 Å². The lowest BCUT2D eigenvalue weighted by atomic mass is 10.1. The van der Waals surface area contributed by atoms with Gasteiger partial charge in [-0.25, -0.2) is 0 Å². The quantitative estimate of drug-likeness (QED) is 0.599. The average molecular weight is 365 g/mol. The van der Waals surface area contributed by atoms with Crippen molar-refractivity contribution in [1.29, 1.82) is 0 Å². The fourth-order valence-corrected chi connectivity index (χ4v) is 2.49. The van der Waals surface area contributed by atoms with Gasteiger partial charge in [0.25, 0.3) is 11.6 Å². The minimum Gasteiger partial charge on any atom is -0.493 e. The number of benzene rings is 2. The highest BCUT2D eigenvalue weighted by Gasteiger charge is 2.14. The first-order valence-electron chi connectivity index (χ1n) is 7.48. The maximum absolute atomic E-state index is 12.2. The maximum Gasteiger partial charge on any atom is 0.270 e. The molecule has 0 bridgehead atoms. The highest BCUT2D eigenvalue weighted by Crippen LogP contribution is 2.36. The fraction of sp³-hybridized carbons (Fsp3) is 0.235. The zero-order valence-corrected chi connectivity index (χ0v) is 14.5. The zero-order chi connectivity index (χ0) is 18.4. The molecule has 0 unspecified atom stereocenters. The Balaban J connectivity index is 2.13. The minimum absolute atomic E-state index is 0.140. The summed E-state index contributed by atoms with van der Waals surface area (Å²) in [6.45, 7) is 2.46. The van der Waals surface area contributed by atoms with Gasteiger partial charge in [-0.3, -0.25) is 14.9 Å². The van der Waals surface area contributed by atoms with E-state index in [1.807, 2.05) is 6.92 Å². The predicted molar refractivity (Wildman–Crippen MR) is 93.4 cm³/mol. The number of nitrogens with zero attached hydrogens (tertiary/aromatic N) is 1. The van der Waals surface area contributed by atoms with Gasteiger partial charge in [-0.05, 0) is 30.7 Å². The van der Waals surface area contributed by atoms with Crippen LogP contribution in [-0.2, 0) is 6.54 Å². The second kappa shape index (κ2) is 8.34. The molecule has 0 atom stereocenters. The van der Waals surface area contributed by atoms with E-state index in [9.17, 15) is 14.9 Å². The van der Waals surface area contributed by atoms with Crippen LogP contribution in [0.1, 0.15) is 22.8 Å². The van der Waals surface area contributed by atoms with Gasteiger partial charge in [0, 0.05) is 24.2 Å². The standard InChI is InChI=1S/C17H17ClN2O5/c1-3-25-16-14(18)7-11(8-15(16)24-2)10-19-17(21)12-5-4-6-13(9-12)20(22)23/h4-9H,3,10H2,1-2H3,(H,19,21). The van der Waals surface area contributed by atoms with Crippen molar-refractivity contribution in [3.05, 3.63) is 62.7 Å². The number of halogens is 1. The Hall–Kier alpha value is -2.80. The minimum atomic E-state index is -0.548. The molecule has 0 radical (unpaired) electrons. The first-order valence-corrected chi connectivity index (χ1v) is 7.86. The number of nitro groups is 1. The summed E-state index contributed by atoms with van der Waals surface area (Å²) >= 11 is 6.19. The molecule has 1 amide bonds. The van der Waals surface area contributed by atoms with Crippen molar-refractivity contribution in [2.24, 2.45) is 0 Å². The van der Waals surface area contributed by atoms with Gasteiger partial charge in [-0.2, -0.15) is 0 Å². The van der Waals surface area contributed by atoms with E-state index in [1.165, 1.54) is 31.4 Å². The summed E-state index contributed by atoms with van der Waals surface area (Å²) in [6.07, 6.45) is 0. The third-order valence-electron chi connectivity index (χ3n) is 3.35. The molecule has 8 heteroatoms. The average Bonchev–Trinajstić information content (AvgIpc) is 2.61. The molecule has 25 heavy (non-hydrogen) atoms. The first-order chi connectivity index (χ1) is 12.0. The summed E-state index contributed by atoms with van der Waals surface area (Å²) in [5, 5.41) is 13.9. The van der Waals surface area contributed by atoms with Gasteiger partial charge in [0.15, 0.2) is 11.5 Å². The summed E-state index contributed by atoms with van der Waals surface area (Å²) in [5.74, 6) is 0.488. The summed E-state index contributed by atoms with van der Waals surface area (Å²) < 4.78 is 10.7. The lowest BCUT2D eigenvalue weighted by Gasteiger charge is -2.13. The van der Waals surface area contributed by atoms with Crippen LogP contribution in [0.5, 0.6) is 11.5 Å². The summed E-state index contributed by atoms with van der Waals surface area (Å²) in [5.41, 5.74) is 0.778. The summed E-state index contributed by atoms with van der Waals surface area (Å²) in [7, 11) is 1.50. The van der Waals surface area contributed by atoms with Crippen LogP contribution in [0.3, 0.4) is 0 Å². The Morgan fingerprint density at radius 3 is 2.72 bits per heavy atom. The van der Waals surface area contributed by atoms with Gasteiger partial charge in [-0.1, -0.05) is 17.7 Å². The van der Waals surface area contributed by atoms with Crippen LogP contribution < -0.4 is 14.8 Å². The molecule has 0 fully saturated rings. The molecule has 2 aromatic carbocycles. The Labute approximate surface area is 149 Å². The lowest BCUT2D eigenvalue weighted by Crippen LogP contribution is -2.22. The van der Waals surface area contributed by atoms with Crippen LogP contribution in [0.4, 0.5) is 5.69 Å². The Kier molecular flexibility index (Phi) is 6.19. The highest BCUT2D eigenvalue weighted by molar-refractivity contribution is 6.32. The number of methoxy groups -OCH3 is 1. The molecule has 0 heterocycles. The molecule has 1 N–H and O–H groups in total. The molecule has 0 aliphatic carbocycles. The van der Waals surface area contributed by atoms with Gasteiger partial charge in [0.2, 0.25) is 0 Å². The van der Waals surface area contributed by atoms with Gasteiger partial charge in [0.1, 0.15) is 0 Å². The highest BCUT2D eigenvalue weighted by atomic mass is 35.5. The van der Waals surface area contributed by atoms with Gasteiger partial charge >= 0.3 is 0 Å². The van der Waals surface area contributed by atoms with Gasteiger partial charge < -0.3 is 14.8 Å². The number of carbonyl (C=O) groups excluding carboxylic acids is 1. The molecule has 0 spiro atoms. The van der Waals surface area contributed by atoms with Crippen molar-refractivity contribution in [3.8, 4) is 11.5 Å². The van der Waals surface area contributed by atoms with Crippen molar-refractivity contribution in [2.75, 3.05) is 13.7 Å². The van der Waals surface area contributed by atoms with Crippen LogP contribution in [-0.4, -0.2) is 24.5 Å². The van der Waals surface area contributed by atoms with Crippen molar-refractivity contribution >= 4 is 23.2 Å². The first kappa shape index (κ1) is 18.5. The Morgan fingerprint density at radius 2 is 2.08 bits per heavy atom. The van der Waals surface area contributed by atoms with E-state index in [0.717, 1.165) is 0 Å². The predicted octanol–water partition coefficient (Wildman–Crippen LogP) is 3.59. The summed E-state index contributed by atoms with van der Waals surface area (Å²) in [4.78, 5) is 22.4. The molecule has 2 rings (SSSR count). The third kappa shape index (κ3) is 4.60. The number of amides is 1. The lowest BCUT2D eigenvalue weighted by molar-refractivity contribution is -0.384. The van der Waals surface area contributed by atoms with Crippen LogP contribution in [0.25, 0.3) is 0 Å². The number of hydrogen-bond acceptors (Lipinski definition) is 5. The molecule has 0 aromatic heterocycles. The van der Waals surface area contributed by atoms with Gasteiger partial charge in [-0.15, -0.1) is 0 Å². The monoisotopic (exact) mass is 364 g/mol.